The van der Waals surface area contributed by atoms with E-state index in [-0.39, 0.29) is 6.10 Å². The molecule has 0 spiro atoms. The zero-order valence-electron chi connectivity index (χ0n) is 10.9. The van der Waals surface area contributed by atoms with E-state index in [0.717, 1.165) is 16.7 Å². The maximum Gasteiger partial charge on any atom is 0.129 e. The molecule has 1 aliphatic heterocycles. The molecule has 1 heterocycles. The highest BCUT2D eigenvalue weighted by atomic mass is 35.5. The first kappa shape index (κ1) is 13.7. The van der Waals surface area contributed by atoms with Gasteiger partial charge in [-0.3, -0.25) is 0 Å². The zero-order valence-corrected chi connectivity index (χ0v) is 12.4. The lowest BCUT2D eigenvalue weighted by molar-refractivity contribution is 0.0658. The summed E-state index contributed by atoms with van der Waals surface area (Å²) in [5.74, 6) is 0.690. The SMILES string of the molecule is Cc1ccc2c(c1)C(O)CC(c1c(Cl)cccc1Cl)O2. The Kier molecular flexibility index (Phi) is 3.63. The fraction of sp³-hybridized carbons (Fsp3) is 0.250. The number of aliphatic hydroxyl groups is 1. The van der Waals surface area contributed by atoms with Crippen molar-refractivity contribution in [3.63, 3.8) is 0 Å². The van der Waals surface area contributed by atoms with Crippen LogP contribution in [0.15, 0.2) is 36.4 Å². The largest absolute Gasteiger partial charge is 0.485 e. The van der Waals surface area contributed by atoms with Crippen LogP contribution < -0.4 is 4.74 Å². The van der Waals surface area contributed by atoms with Crippen molar-refractivity contribution in [1.29, 1.82) is 0 Å². The van der Waals surface area contributed by atoms with Gasteiger partial charge in [0.2, 0.25) is 0 Å². The number of halogens is 2. The van der Waals surface area contributed by atoms with E-state index in [1.54, 1.807) is 18.2 Å². The molecule has 104 valence electrons. The van der Waals surface area contributed by atoms with E-state index in [1.807, 2.05) is 25.1 Å². The van der Waals surface area contributed by atoms with Gasteiger partial charge in [0.05, 0.1) is 6.10 Å². The van der Waals surface area contributed by atoms with Gasteiger partial charge in [-0.25, -0.2) is 0 Å². The van der Waals surface area contributed by atoms with Crippen LogP contribution in [0.25, 0.3) is 0 Å². The first-order valence-corrected chi connectivity index (χ1v) is 7.21. The molecule has 0 amide bonds. The Morgan fingerprint density at radius 1 is 1.15 bits per heavy atom. The molecule has 0 saturated heterocycles. The molecule has 0 aromatic heterocycles. The average Bonchev–Trinajstić information content (AvgIpc) is 2.39. The minimum Gasteiger partial charge on any atom is -0.485 e. The summed E-state index contributed by atoms with van der Waals surface area (Å²) in [6.45, 7) is 1.99. The number of aliphatic hydroxyl groups excluding tert-OH is 1. The predicted octanol–water partition coefficient (Wildman–Crippen LogP) is 4.86. The zero-order chi connectivity index (χ0) is 14.3. The maximum atomic E-state index is 10.3. The average molecular weight is 309 g/mol. The number of rotatable bonds is 1. The first-order valence-electron chi connectivity index (χ1n) is 6.45. The molecule has 20 heavy (non-hydrogen) atoms. The van der Waals surface area contributed by atoms with Gasteiger partial charge >= 0.3 is 0 Å². The molecular formula is C16H14Cl2O2. The molecule has 0 bridgehead atoms. The fourth-order valence-electron chi connectivity index (χ4n) is 2.56. The quantitative estimate of drug-likeness (QED) is 0.815. The molecule has 2 nitrogen and oxygen atoms in total. The van der Waals surface area contributed by atoms with Crippen molar-refractivity contribution in [1.82, 2.24) is 0 Å². The predicted molar refractivity (Wildman–Crippen MR) is 80.6 cm³/mol. The van der Waals surface area contributed by atoms with Gasteiger partial charge in [-0.05, 0) is 31.2 Å². The molecule has 2 atom stereocenters. The lowest BCUT2D eigenvalue weighted by Gasteiger charge is -2.31. The lowest BCUT2D eigenvalue weighted by Crippen LogP contribution is -2.19. The lowest BCUT2D eigenvalue weighted by atomic mass is 9.94. The fourth-order valence-corrected chi connectivity index (χ4v) is 3.20. The van der Waals surface area contributed by atoms with Crippen molar-refractivity contribution in [2.24, 2.45) is 0 Å². The van der Waals surface area contributed by atoms with Gasteiger partial charge in [0.1, 0.15) is 11.9 Å². The molecule has 1 aliphatic rings. The molecule has 0 radical (unpaired) electrons. The Morgan fingerprint density at radius 2 is 1.85 bits per heavy atom. The molecule has 1 N–H and O–H groups in total. The monoisotopic (exact) mass is 308 g/mol. The summed E-state index contributed by atoms with van der Waals surface area (Å²) in [4.78, 5) is 0. The summed E-state index contributed by atoms with van der Waals surface area (Å²) in [6, 6.07) is 11.1. The summed E-state index contributed by atoms with van der Waals surface area (Å²) in [7, 11) is 0. The number of aryl methyl sites for hydroxylation is 1. The molecule has 2 unspecified atom stereocenters. The van der Waals surface area contributed by atoms with Crippen molar-refractivity contribution in [2.45, 2.75) is 25.6 Å². The van der Waals surface area contributed by atoms with Crippen molar-refractivity contribution in [3.8, 4) is 5.75 Å². The van der Waals surface area contributed by atoms with Crippen molar-refractivity contribution >= 4 is 23.2 Å². The van der Waals surface area contributed by atoms with E-state index in [2.05, 4.69) is 0 Å². The molecule has 0 aliphatic carbocycles. The normalized spacial score (nSPS) is 21.2. The molecule has 2 aromatic carbocycles. The van der Waals surface area contributed by atoms with Crippen LogP contribution in [0.1, 0.15) is 35.3 Å². The Morgan fingerprint density at radius 3 is 2.55 bits per heavy atom. The van der Waals surface area contributed by atoms with Crippen LogP contribution in [-0.2, 0) is 0 Å². The minimum atomic E-state index is -0.573. The van der Waals surface area contributed by atoms with Crippen LogP contribution in [-0.4, -0.2) is 5.11 Å². The summed E-state index contributed by atoms with van der Waals surface area (Å²) in [5.41, 5.74) is 2.66. The van der Waals surface area contributed by atoms with Crippen molar-refractivity contribution < 1.29 is 9.84 Å². The minimum absolute atomic E-state index is 0.332. The molecule has 0 saturated carbocycles. The smallest absolute Gasteiger partial charge is 0.129 e. The number of hydrogen-bond donors (Lipinski definition) is 1. The van der Waals surface area contributed by atoms with Crippen LogP contribution >= 0.6 is 23.2 Å². The highest BCUT2D eigenvalue weighted by Crippen LogP contribution is 2.44. The number of hydrogen-bond acceptors (Lipinski definition) is 2. The number of fused-ring (bicyclic) bond motifs is 1. The van der Waals surface area contributed by atoms with Gasteiger partial charge in [-0.1, -0.05) is 40.9 Å². The van der Waals surface area contributed by atoms with Crippen molar-refractivity contribution in [3.05, 3.63) is 63.1 Å². The summed E-state index contributed by atoms with van der Waals surface area (Å²) < 4.78 is 5.98. The van der Waals surface area contributed by atoms with Crippen LogP contribution in [0.4, 0.5) is 0 Å². The highest BCUT2D eigenvalue weighted by molar-refractivity contribution is 6.36. The molecular weight excluding hydrogens is 295 g/mol. The van der Waals surface area contributed by atoms with Gasteiger partial charge in [0.25, 0.3) is 0 Å². The van der Waals surface area contributed by atoms with Crippen LogP contribution in [0.5, 0.6) is 5.75 Å². The third-order valence-electron chi connectivity index (χ3n) is 3.55. The molecule has 4 heteroatoms. The van der Waals surface area contributed by atoms with Gasteiger partial charge in [-0.2, -0.15) is 0 Å². The third-order valence-corrected chi connectivity index (χ3v) is 4.21. The van der Waals surface area contributed by atoms with Crippen LogP contribution in [0.2, 0.25) is 10.0 Å². The van der Waals surface area contributed by atoms with E-state index in [4.69, 9.17) is 27.9 Å². The summed E-state index contributed by atoms with van der Waals surface area (Å²) in [6.07, 6.45) is -0.461. The molecule has 0 fully saturated rings. The Bertz CT molecular complexity index is 635. The van der Waals surface area contributed by atoms with E-state index in [1.165, 1.54) is 0 Å². The molecule has 2 aromatic rings. The van der Waals surface area contributed by atoms with Gasteiger partial charge < -0.3 is 9.84 Å². The standard InChI is InChI=1S/C16H14Cl2O2/c1-9-5-6-14-10(7-9)13(19)8-15(20-14)16-11(17)3-2-4-12(16)18/h2-7,13,15,19H,8H2,1H3. The van der Waals surface area contributed by atoms with Crippen LogP contribution in [0.3, 0.4) is 0 Å². The van der Waals surface area contributed by atoms with Gasteiger partial charge in [-0.15, -0.1) is 0 Å². The second-order valence-corrected chi connectivity index (χ2v) is 5.85. The number of ether oxygens (including phenoxy) is 1. The summed E-state index contributed by atoms with van der Waals surface area (Å²) >= 11 is 12.4. The second kappa shape index (κ2) is 5.28. The Hall–Kier alpha value is -1.22. The van der Waals surface area contributed by atoms with Crippen LogP contribution in [0, 0.1) is 6.92 Å². The second-order valence-electron chi connectivity index (χ2n) is 5.03. The Labute approximate surface area is 127 Å². The van der Waals surface area contributed by atoms with E-state index < -0.39 is 6.10 Å². The first-order chi connectivity index (χ1) is 9.56. The maximum absolute atomic E-state index is 10.3. The number of benzene rings is 2. The van der Waals surface area contributed by atoms with Gasteiger partial charge in [0.15, 0.2) is 0 Å². The van der Waals surface area contributed by atoms with E-state index in [0.29, 0.717) is 22.2 Å². The van der Waals surface area contributed by atoms with Crippen molar-refractivity contribution in [2.75, 3.05) is 0 Å². The highest BCUT2D eigenvalue weighted by Gasteiger charge is 2.30. The van der Waals surface area contributed by atoms with E-state index in [9.17, 15) is 5.11 Å². The Balaban J connectivity index is 2.01. The summed E-state index contributed by atoms with van der Waals surface area (Å²) in [5, 5.41) is 11.5. The topological polar surface area (TPSA) is 29.5 Å². The third kappa shape index (κ3) is 2.39. The molecule has 3 rings (SSSR count). The van der Waals surface area contributed by atoms with Gasteiger partial charge in [0, 0.05) is 27.6 Å². The van der Waals surface area contributed by atoms with E-state index >= 15 is 0 Å².